The van der Waals surface area contributed by atoms with Crippen molar-refractivity contribution in [1.29, 1.82) is 0 Å². The van der Waals surface area contributed by atoms with Crippen LogP contribution in [0.2, 0.25) is 0 Å². The SMILES string of the molecule is CCCC1NC(=O)CCN(Cc2ccoc2)C1=O. The van der Waals surface area contributed by atoms with Crippen LogP contribution in [0.15, 0.2) is 23.0 Å². The largest absolute Gasteiger partial charge is 0.472 e. The van der Waals surface area contributed by atoms with Crippen molar-refractivity contribution in [3.63, 3.8) is 0 Å². The van der Waals surface area contributed by atoms with Gasteiger partial charge in [0.25, 0.3) is 0 Å². The van der Waals surface area contributed by atoms with Gasteiger partial charge < -0.3 is 14.6 Å². The smallest absolute Gasteiger partial charge is 0.245 e. The lowest BCUT2D eigenvalue weighted by molar-refractivity contribution is -0.134. The Kier molecular flexibility index (Phi) is 4.02. The molecule has 0 aromatic carbocycles. The van der Waals surface area contributed by atoms with Gasteiger partial charge in [0.2, 0.25) is 11.8 Å². The van der Waals surface area contributed by atoms with Crippen molar-refractivity contribution in [1.82, 2.24) is 10.2 Å². The second kappa shape index (κ2) is 5.71. The minimum absolute atomic E-state index is 0.00361. The maximum Gasteiger partial charge on any atom is 0.245 e. The topological polar surface area (TPSA) is 62.6 Å². The summed E-state index contributed by atoms with van der Waals surface area (Å²) in [7, 11) is 0. The first-order valence-corrected chi connectivity index (χ1v) is 6.30. The van der Waals surface area contributed by atoms with Crippen LogP contribution in [-0.2, 0) is 16.1 Å². The predicted molar refractivity (Wildman–Crippen MR) is 65.6 cm³/mol. The summed E-state index contributed by atoms with van der Waals surface area (Å²) in [5, 5.41) is 2.79. The van der Waals surface area contributed by atoms with Crippen molar-refractivity contribution in [3.8, 4) is 0 Å². The Morgan fingerprint density at radius 2 is 2.33 bits per heavy atom. The molecule has 1 aromatic heterocycles. The lowest BCUT2D eigenvalue weighted by atomic mass is 10.1. The molecule has 18 heavy (non-hydrogen) atoms. The summed E-state index contributed by atoms with van der Waals surface area (Å²) in [6, 6.07) is 1.46. The van der Waals surface area contributed by atoms with Crippen LogP contribution in [0.3, 0.4) is 0 Å². The average Bonchev–Trinajstić information content (AvgIpc) is 2.81. The van der Waals surface area contributed by atoms with Gasteiger partial charge in [0.1, 0.15) is 6.04 Å². The number of hydrogen-bond donors (Lipinski definition) is 1. The molecule has 0 aliphatic carbocycles. The Morgan fingerprint density at radius 1 is 1.50 bits per heavy atom. The standard InChI is InChI=1S/C13H18N2O3/c1-2-3-11-13(17)15(6-4-12(16)14-11)8-10-5-7-18-9-10/h5,7,9,11H,2-4,6,8H2,1H3,(H,14,16). The highest BCUT2D eigenvalue weighted by Crippen LogP contribution is 2.12. The number of amides is 2. The third-order valence-corrected chi connectivity index (χ3v) is 3.08. The number of rotatable bonds is 4. The Morgan fingerprint density at radius 3 is 3.00 bits per heavy atom. The molecule has 1 aliphatic rings. The van der Waals surface area contributed by atoms with Gasteiger partial charge in [0.15, 0.2) is 0 Å². The fourth-order valence-electron chi connectivity index (χ4n) is 2.14. The fourth-order valence-corrected chi connectivity index (χ4v) is 2.14. The summed E-state index contributed by atoms with van der Waals surface area (Å²) in [5.41, 5.74) is 0.952. The highest BCUT2D eigenvalue weighted by atomic mass is 16.3. The normalized spacial score (nSPS) is 20.7. The molecular weight excluding hydrogens is 232 g/mol. The third-order valence-electron chi connectivity index (χ3n) is 3.08. The van der Waals surface area contributed by atoms with E-state index in [1.54, 1.807) is 17.4 Å². The second-order valence-electron chi connectivity index (χ2n) is 4.55. The van der Waals surface area contributed by atoms with Crippen molar-refractivity contribution in [2.24, 2.45) is 0 Å². The first-order valence-electron chi connectivity index (χ1n) is 6.30. The Bertz CT molecular complexity index is 414. The van der Waals surface area contributed by atoms with Gasteiger partial charge in [-0.25, -0.2) is 0 Å². The first-order chi connectivity index (χ1) is 8.70. The minimum atomic E-state index is -0.378. The Balaban J connectivity index is 2.08. The highest BCUT2D eigenvalue weighted by Gasteiger charge is 2.29. The Labute approximate surface area is 106 Å². The van der Waals surface area contributed by atoms with Gasteiger partial charge >= 0.3 is 0 Å². The summed E-state index contributed by atoms with van der Waals surface area (Å²) >= 11 is 0. The van der Waals surface area contributed by atoms with Crippen molar-refractivity contribution in [3.05, 3.63) is 24.2 Å². The van der Waals surface area contributed by atoms with Gasteiger partial charge in [-0.3, -0.25) is 9.59 Å². The quantitative estimate of drug-likeness (QED) is 0.876. The Hall–Kier alpha value is -1.78. The summed E-state index contributed by atoms with van der Waals surface area (Å²) in [4.78, 5) is 25.6. The lowest BCUT2D eigenvalue weighted by Gasteiger charge is -2.23. The molecular formula is C13H18N2O3. The molecule has 0 radical (unpaired) electrons. The molecule has 2 rings (SSSR count). The maximum absolute atomic E-state index is 12.3. The van der Waals surface area contributed by atoms with Crippen LogP contribution in [-0.4, -0.2) is 29.3 Å². The molecule has 98 valence electrons. The van der Waals surface area contributed by atoms with Gasteiger partial charge in [-0.05, 0) is 12.5 Å². The molecule has 2 amide bonds. The van der Waals surface area contributed by atoms with Gasteiger partial charge in [-0.15, -0.1) is 0 Å². The van der Waals surface area contributed by atoms with E-state index < -0.39 is 0 Å². The number of hydrogen-bond acceptors (Lipinski definition) is 3. The molecule has 0 spiro atoms. The van der Waals surface area contributed by atoms with E-state index >= 15 is 0 Å². The van der Waals surface area contributed by atoms with Crippen molar-refractivity contribution >= 4 is 11.8 Å². The zero-order chi connectivity index (χ0) is 13.0. The highest BCUT2D eigenvalue weighted by molar-refractivity contribution is 5.89. The summed E-state index contributed by atoms with van der Waals surface area (Å²) in [6.07, 6.45) is 5.14. The fraction of sp³-hybridized carbons (Fsp3) is 0.538. The molecule has 0 bridgehead atoms. The molecule has 1 atom stereocenters. The van der Waals surface area contributed by atoms with E-state index in [-0.39, 0.29) is 17.9 Å². The summed E-state index contributed by atoms with van der Waals surface area (Å²) < 4.78 is 5.00. The van der Waals surface area contributed by atoms with Crippen molar-refractivity contribution in [2.75, 3.05) is 6.54 Å². The number of furan rings is 1. The van der Waals surface area contributed by atoms with E-state index in [0.29, 0.717) is 25.9 Å². The van der Waals surface area contributed by atoms with Gasteiger partial charge in [0.05, 0.1) is 12.5 Å². The number of nitrogens with zero attached hydrogens (tertiary/aromatic N) is 1. The van der Waals surface area contributed by atoms with Crippen LogP contribution in [0.25, 0.3) is 0 Å². The van der Waals surface area contributed by atoms with Gasteiger partial charge in [-0.1, -0.05) is 13.3 Å². The third kappa shape index (κ3) is 2.91. The zero-order valence-corrected chi connectivity index (χ0v) is 10.5. The van der Waals surface area contributed by atoms with E-state index in [1.165, 1.54) is 0 Å². The lowest BCUT2D eigenvalue weighted by Crippen LogP contribution is -2.44. The minimum Gasteiger partial charge on any atom is -0.472 e. The van der Waals surface area contributed by atoms with Crippen LogP contribution >= 0.6 is 0 Å². The van der Waals surface area contributed by atoms with Crippen LogP contribution in [0.4, 0.5) is 0 Å². The van der Waals surface area contributed by atoms with E-state index in [0.717, 1.165) is 12.0 Å². The summed E-state index contributed by atoms with van der Waals surface area (Å²) in [5.74, 6) is -0.0413. The molecule has 1 fully saturated rings. The van der Waals surface area contributed by atoms with E-state index in [2.05, 4.69) is 5.32 Å². The van der Waals surface area contributed by atoms with Crippen molar-refractivity contribution < 1.29 is 14.0 Å². The van der Waals surface area contributed by atoms with Crippen molar-refractivity contribution in [2.45, 2.75) is 38.8 Å². The molecule has 1 aliphatic heterocycles. The second-order valence-corrected chi connectivity index (χ2v) is 4.55. The van der Waals surface area contributed by atoms with E-state index in [1.807, 2.05) is 13.0 Å². The van der Waals surface area contributed by atoms with Crippen LogP contribution in [0, 0.1) is 0 Å². The monoisotopic (exact) mass is 250 g/mol. The zero-order valence-electron chi connectivity index (χ0n) is 10.5. The van der Waals surface area contributed by atoms with E-state index in [4.69, 9.17) is 4.42 Å². The first kappa shape index (κ1) is 12.7. The molecule has 0 saturated carbocycles. The van der Waals surface area contributed by atoms with Gasteiger partial charge in [0, 0.05) is 25.1 Å². The van der Waals surface area contributed by atoms with Crippen LogP contribution in [0.1, 0.15) is 31.7 Å². The van der Waals surface area contributed by atoms with Gasteiger partial charge in [-0.2, -0.15) is 0 Å². The number of carbonyl (C=O) groups excluding carboxylic acids is 2. The maximum atomic E-state index is 12.3. The molecule has 2 heterocycles. The van der Waals surface area contributed by atoms with E-state index in [9.17, 15) is 9.59 Å². The molecule has 5 heteroatoms. The number of carbonyl (C=O) groups is 2. The van der Waals surface area contributed by atoms with Crippen LogP contribution < -0.4 is 5.32 Å². The predicted octanol–water partition coefficient (Wildman–Crippen LogP) is 1.30. The average molecular weight is 250 g/mol. The molecule has 1 N–H and O–H groups in total. The summed E-state index contributed by atoms with van der Waals surface area (Å²) in [6.45, 7) is 2.98. The molecule has 1 unspecified atom stereocenters. The van der Waals surface area contributed by atoms with Crippen LogP contribution in [0.5, 0.6) is 0 Å². The number of nitrogens with one attached hydrogen (secondary N) is 1. The molecule has 1 aromatic rings. The molecule has 1 saturated heterocycles. The molecule has 5 nitrogen and oxygen atoms in total.